The first kappa shape index (κ1) is 11.2. The molecule has 0 saturated heterocycles. The number of fused-ring (bicyclic) bond motifs is 3. The highest BCUT2D eigenvalue weighted by Gasteiger charge is 2.17. The summed E-state index contributed by atoms with van der Waals surface area (Å²) >= 11 is 0. The van der Waals surface area contributed by atoms with Gasteiger partial charge in [-0.15, -0.1) is 0 Å². The molecule has 0 fully saturated rings. The van der Waals surface area contributed by atoms with Gasteiger partial charge >= 0.3 is 0 Å². The smallest absolute Gasteiger partial charge is 0.140 e. The standard InChI is InChI=1S/C15H17N3/c1-15(2,3)10-7-11-12-9-16-6-5-13(12)18(4)14(11)17-8-10/h5-9H,1-4H3. The summed E-state index contributed by atoms with van der Waals surface area (Å²) in [5, 5.41) is 2.36. The molecule has 0 aromatic carbocycles. The lowest BCUT2D eigenvalue weighted by atomic mass is 9.88. The highest BCUT2D eigenvalue weighted by molar-refractivity contribution is 6.06. The molecular formula is C15H17N3. The van der Waals surface area contributed by atoms with Crippen molar-refractivity contribution in [3.8, 4) is 0 Å². The summed E-state index contributed by atoms with van der Waals surface area (Å²) in [5.41, 5.74) is 3.57. The Morgan fingerprint density at radius 1 is 1.11 bits per heavy atom. The molecule has 0 aliphatic heterocycles. The number of aromatic nitrogens is 3. The summed E-state index contributed by atoms with van der Waals surface area (Å²) in [6.07, 6.45) is 5.73. The Bertz CT molecular complexity index is 732. The van der Waals surface area contributed by atoms with Crippen LogP contribution in [0.15, 0.2) is 30.7 Å². The van der Waals surface area contributed by atoms with Crippen molar-refractivity contribution in [2.24, 2.45) is 7.05 Å². The van der Waals surface area contributed by atoms with E-state index in [0.717, 1.165) is 5.65 Å². The lowest BCUT2D eigenvalue weighted by molar-refractivity contribution is 0.588. The van der Waals surface area contributed by atoms with Crippen molar-refractivity contribution in [3.05, 3.63) is 36.3 Å². The van der Waals surface area contributed by atoms with Gasteiger partial charge in [0.25, 0.3) is 0 Å². The monoisotopic (exact) mass is 239 g/mol. The van der Waals surface area contributed by atoms with E-state index in [2.05, 4.69) is 48.4 Å². The van der Waals surface area contributed by atoms with Crippen molar-refractivity contribution >= 4 is 21.9 Å². The second-order valence-electron chi connectivity index (χ2n) is 5.80. The highest BCUT2D eigenvalue weighted by Crippen LogP contribution is 2.30. The summed E-state index contributed by atoms with van der Waals surface area (Å²) in [7, 11) is 2.05. The second-order valence-corrected chi connectivity index (χ2v) is 5.80. The van der Waals surface area contributed by atoms with Crippen LogP contribution >= 0.6 is 0 Å². The van der Waals surface area contributed by atoms with Gasteiger partial charge in [0.2, 0.25) is 0 Å². The molecule has 0 aliphatic rings. The zero-order valence-electron chi connectivity index (χ0n) is 11.2. The molecule has 3 rings (SSSR count). The van der Waals surface area contributed by atoms with E-state index in [1.807, 2.05) is 24.7 Å². The van der Waals surface area contributed by atoms with E-state index in [9.17, 15) is 0 Å². The second kappa shape index (κ2) is 3.55. The Morgan fingerprint density at radius 2 is 1.89 bits per heavy atom. The maximum absolute atomic E-state index is 4.62. The van der Waals surface area contributed by atoms with Crippen molar-refractivity contribution in [1.29, 1.82) is 0 Å². The third-order valence-corrected chi connectivity index (χ3v) is 3.50. The molecule has 0 saturated carbocycles. The Kier molecular flexibility index (Phi) is 2.21. The number of hydrogen-bond acceptors (Lipinski definition) is 2. The Balaban J connectivity index is 2.44. The molecule has 0 N–H and O–H groups in total. The van der Waals surface area contributed by atoms with Gasteiger partial charge in [-0.05, 0) is 23.1 Å². The molecule has 3 aromatic rings. The van der Waals surface area contributed by atoms with Gasteiger partial charge in [-0.2, -0.15) is 0 Å². The zero-order valence-corrected chi connectivity index (χ0v) is 11.2. The minimum absolute atomic E-state index is 0.117. The van der Waals surface area contributed by atoms with Gasteiger partial charge < -0.3 is 4.57 Å². The molecule has 0 spiro atoms. The molecule has 3 aromatic heterocycles. The van der Waals surface area contributed by atoms with Crippen molar-refractivity contribution in [2.45, 2.75) is 26.2 Å². The molecule has 0 unspecified atom stereocenters. The van der Waals surface area contributed by atoms with Crippen molar-refractivity contribution in [2.75, 3.05) is 0 Å². The number of nitrogens with zero attached hydrogens (tertiary/aromatic N) is 3. The molecule has 3 heteroatoms. The maximum atomic E-state index is 4.62. The number of hydrogen-bond donors (Lipinski definition) is 0. The lowest BCUT2D eigenvalue weighted by Crippen LogP contribution is -2.11. The van der Waals surface area contributed by atoms with Crippen molar-refractivity contribution < 1.29 is 0 Å². The van der Waals surface area contributed by atoms with Crippen LogP contribution in [0, 0.1) is 0 Å². The van der Waals surface area contributed by atoms with Crippen LogP contribution in [0.5, 0.6) is 0 Å². The molecule has 92 valence electrons. The molecule has 3 heterocycles. The Morgan fingerprint density at radius 3 is 2.61 bits per heavy atom. The molecule has 18 heavy (non-hydrogen) atoms. The summed E-state index contributed by atoms with van der Waals surface area (Å²) in [4.78, 5) is 8.85. The van der Waals surface area contributed by atoms with Gasteiger partial charge in [-0.1, -0.05) is 20.8 Å². The molecular weight excluding hydrogens is 222 g/mol. The zero-order chi connectivity index (χ0) is 12.9. The third-order valence-electron chi connectivity index (χ3n) is 3.50. The van der Waals surface area contributed by atoms with Crippen LogP contribution in [-0.2, 0) is 12.5 Å². The van der Waals surface area contributed by atoms with E-state index in [0.29, 0.717) is 0 Å². The fourth-order valence-electron chi connectivity index (χ4n) is 2.33. The molecule has 3 nitrogen and oxygen atoms in total. The first-order valence-electron chi connectivity index (χ1n) is 6.17. The van der Waals surface area contributed by atoms with E-state index in [1.165, 1.54) is 21.9 Å². The van der Waals surface area contributed by atoms with E-state index in [4.69, 9.17) is 0 Å². The topological polar surface area (TPSA) is 30.7 Å². The predicted octanol–water partition coefficient (Wildman–Crippen LogP) is 3.42. The van der Waals surface area contributed by atoms with Gasteiger partial charge in [-0.25, -0.2) is 4.98 Å². The number of aryl methyl sites for hydroxylation is 1. The van der Waals surface area contributed by atoms with Gasteiger partial charge in [-0.3, -0.25) is 4.98 Å². The average Bonchev–Trinajstić information content (AvgIpc) is 2.63. The SMILES string of the molecule is Cn1c2ccncc2c2cc(C(C)(C)C)cnc21. The van der Waals surface area contributed by atoms with Crippen LogP contribution in [-0.4, -0.2) is 14.5 Å². The van der Waals surface area contributed by atoms with Gasteiger partial charge in [0.05, 0.1) is 5.52 Å². The number of pyridine rings is 2. The molecule has 0 aliphatic carbocycles. The third kappa shape index (κ3) is 1.50. The van der Waals surface area contributed by atoms with Crippen LogP contribution in [0.4, 0.5) is 0 Å². The van der Waals surface area contributed by atoms with Crippen molar-refractivity contribution in [1.82, 2.24) is 14.5 Å². The van der Waals surface area contributed by atoms with Gasteiger partial charge in [0.1, 0.15) is 5.65 Å². The summed E-state index contributed by atoms with van der Waals surface area (Å²) in [6.45, 7) is 6.62. The normalized spacial score (nSPS) is 12.4. The van der Waals surface area contributed by atoms with Crippen LogP contribution in [0.1, 0.15) is 26.3 Å². The van der Waals surface area contributed by atoms with E-state index < -0.39 is 0 Å². The Labute approximate surface area is 106 Å². The fourth-order valence-corrected chi connectivity index (χ4v) is 2.33. The molecule has 0 radical (unpaired) electrons. The quantitative estimate of drug-likeness (QED) is 0.602. The summed E-state index contributed by atoms with van der Waals surface area (Å²) < 4.78 is 2.12. The van der Waals surface area contributed by atoms with Crippen LogP contribution in [0.25, 0.3) is 21.9 Å². The first-order valence-corrected chi connectivity index (χ1v) is 6.17. The van der Waals surface area contributed by atoms with E-state index in [-0.39, 0.29) is 5.41 Å². The minimum atomic E-state index is 0.117. The van der Waals surface area contributed by atoms with Gasteiger partial charge in [0.15, 0.2) is 0 Å². The minimum Gasteiger partial charge on any atom is -0.328 e. The average molecular weight is 239 g/mol. The van der Waals surface area contributed by atoms with E-state index in [1.54, 1.807) is 0 Å². The summed E-state index contributed by atoms with van der Waals surface area (Å²) in [5.74, 6) is 0. The predicted molar refractivity (Wildman–Crippen MR) is 74.7 cm³/mol. The largest absolute Gasteiger partial charge is 0.328 e. The van der Waals surface area contributed by atoms with Crippen molar-refractivity contribution in [3.63, 3.8) is 0 Å². The van der Waals surface area contributed by atoms with Crippen LogP contribution in [0.3, 0.4) is 0 Å². The van der Waals surface area contributed by atoms with E-state index >= 15 is 0 Å². The maximum Gasteiger partial charge on any atom is 0.140 e. The van der Waals surface area contributed by atoms with Crippen LogP contribution in [0.2, 0.25) is 0 Å². The molecule has 0 bridgehead atoms. The van der Waals surface area contributed by atoms with Gasteiger partial charge in [0, 0.05) is 36.4 Å². The number of rotatable bonds is 0. The molecule has 0 amide bonds. The van der Waals surface area contributed by atoms with Crippen LogP contribution < -0.4 is 0 Å². The lowest BCUT2D eigenvalue weighted by Gasteiger charge is -2.18. The highest BCUT2D eigenvalue weighted by atomic mass is 15.0. The fraction of sp³-hybridized carbons (Fsp3) is 0.333. The first-order chi connectivity index (χ1) is 8.48. The Hall–Kier alpha value is -1.90. The molecule has 0 atom stereocenters. The summed E-state index contributed by atoms with van der Waals surface area (Å²) in [6, 6.07) is 4.28.